The summed E-state index contributed by atoms with van der Waals surface area (Å²) in [5.41, 5.74) is 2.03. The third-order valence-corrected chi connectivity index (χ3v) is 3.78. The van der Waals surface area contributed by atoms with E-state index in [2.05, 4.69) is 15.1 Å². The van der Waals surface area contributed by atoms with Gasteiger partial charge in [0.25, 0.3) is 0 Å². The van der Waals surface area contributed by atoms with Gasteiger partial charge in [0.05, 0.1) is 6.20 Å². The van der Waals surface area contributed by atoms with E-state index < -0.39 is 0 Å². The van der Waals surface area contributed by atoms with E-state index in [4.69, 9.17) is 0 Å². The molecule has 2 aromatic heterocycles. The zero-order valence-electron chi connectivity index (χ0n) is 12.4. The van der Waals surface area contributed by atoms with Gasteiger partial charge in [-0.05, 0) is 31.9 Å². The maximum Gasteiger partial charge on any atom is 0.244 e. The number of hydrogen-bond acceptors (Lipinski definition) is 4. The fourth-order valence-electron chi connectivity index (χ4n) is 2.65. The van der Waals surface area contributed by atoms with Crippen LogP contribution < -0.4 is 0 Å². The van der Waals surface area contributed by atoms with Crippen LogP contribution in [0.4, 0.5) is 0 Å². The van der Waals surface area contributed by atoms with Crippen molar-refractivity contribution in [3.8, 4) is 0 Å². The van der Waals surface area contributed by atoms with E-state index in [1.54, 1.807) is 17.1 Å². The molecule has 1 unspecified atom stereocenters. The van der Waals surface area contributed by atoms with Crippen molar-refractivity contribution < 1.29 is 4.79 Å². The summed E-state index contributed by atoms with van der Waals surface area (Å²) < 4.78 is 1.69. The number of carbonyl (C=O) groups is 1. The lowest BCUT2D eigenvalue weighted by Gasteiger charge is -2.16. The van der Waals surface area contributed by atoms with E-state index >= 15 is 0 Å². The van der Waals surface area contributed by atoms with Crippen molar-refractivity contribution in [3.05, 3.63) is 41.7 Å². The van der Waals surface area contributed by atoms with E-state index in [-0.39, 0.29) is 11.8 Å². The minimum Gasteiger partial charge on any atom is -0.340 e. The summed E-state index contributed by atoms with van der Waals surface area (Å²) in [4.78, 5) is 23.0. The Morgan fingerprint density at radius 1 is 1.43 bits per heavy atom. The van der Waals surface area contributed by atoms with Gasteiger partial charge in [0.2, 0.25) is 5.91 Å². The molecule has 3 heterocycles. The molecule has 0 N–H and O–H groups in total. The molecule has 1 fully saturated rings. The van der Waals surface area contributed by atoms with Crippen molar-refractivity contribution in [2.75, 3.05) is 13.1 Å². The number of hydrogen-bond donors (Lipinski definition) is 0. The van der Waals surface area contributed by atoms with E-state index in [0.717, 1.165) is 30.0 Å². The SMILES string of the molecule is Cc1cnn(CC(=O)N2CCC(c3nccc(C)n3)C2)c1. The van der Waals surface area contributed by atoms with Crippen molar-refractivity contribution in [1.29, 1.82) is 0 Å². The van der Waals surface area contributed by atoms with Gasteiger partial charge in [0, 0.05) is 37.1 Å². The Labute approximate surface area is 123 Å². The largest absolute Gasteiger partial charge is 0.340 e. The molecule has 0 radical (unpaired) electrons. The molecule has 0 aliphatic carbocycles. The van der Waals surface area contributed by atoms with Crippen LogP contribution in [0, 0.1) is 13.8 Å². The van der Waals surface area contributed by atoms with Gasteiger partial charge in [-0.15, -0.1) is 0 Å². The molecule has 0 spiro atoms. The number of rotatable bonds is 3. The predicted octanol–water partition coefficient (Wildman–Crippen LogP) is 1.31. The molecule has 0 aromatic carbocycles. The van der Waals surface area contributed by atoms with Gasteiger partial charge in [-0.25, -0.2) is 9.97 Å². The van der Waals surface area contributed by atoms with Crippen molar-refractivity contribution in [1.82, 2.24) is 24.6 Å². The molecular weight excluding hydrogens is 266 g/mol. The summed E-state index contributed by atoms with van der Waals surface area (Å²) in [6.07, 6.45) is 6.36. The number of aromatic nitrogens is 4. The van der Waals surface area contributed by atoms with Crippen LogP contribution in [0.15, 0.2) is 24.7 Å². The lowest BCUT2D eigenvalue weighted by Crippen LogP contribution is -2.32. The zero-order chi connectivity index (χ0) is 14.8. The Morgan fingerprint density at radius 2 is 2.29 bits per heavy atom. The highest BCUT2D eigenvalue weighted by Crippen LogP contribution is 2.24. The van der Waals surface area contributed by atoms with Gasteiger partial charge in [-0.1, -0.05) is 0 Å². The lowest BCUT2D eigenvalue weighted by molar-refractivity contribution is -0.131. The quantitative estimate of drug-likeness (QED) is 0.853. The van der Waals surface area contributed by atoms with E-state index in [9.17, 15) is 4.79 Å². The fourth-order valence-corrected chi connectivity index (χ4v) is 2.65. The van der Waals surface area contributed by atoms with Crippen LogP contribution in [0.25, 0.3) is 0 Å². The number of nitrogens with zero attached hydrogens (tertiary/aromatic N) is 5. The molecule has 1 aliphatic heterocycles. The van der Waals surface area contributed by atoms with Gasteiger partial charge >= 0.3 is 0 Å². The van der Waals surface area contributed by atoms with Gasteiger partial charge < -0.3 is 4.90 Å². The average molecular weight is 285 g/mol. The standard InChI is InChI=1S/C15H19N5O/c1-11-7-17-20(8-11)10-14(21)19-6-4-13(9-19)15-16-5-3-12(2)18-15/h3,5,7-8,13H,4,6,9-10H2,1-2H3. The number of carbonyl (C=O) groups excluding carboxylic acids is 1. The Kier molecular flexibility index (Phi) is 3.68. The lowest BCUT2D eigenvalue weighted by atomic mass is 10.1. The highest BCUT2D eigenvalue weighted by Gasteiger charge is 2.29. The van der Waals surface area contributed by atoms with Crippen LogP contribution in [0.5, 0.6) is 0 Å². The molecule has 0 bridgehead atoms. The monoisotopic (exact) mass is 285 g/mol. The molecule has 2 aromatic rings. The second-order valence-electron chi connectivity index (χ2n) is 5.60. The van der Waals surface area contributed by atoms with E-state index in [0.29, 0.717) is 13.1 Å². The summed E-state index contributed by atoms with van der Waals surface area (Å²) in [6, 6.07) is 1.89. The molecular formula is C15H19N5O. The van der Waals surface area contributed by atoms with Crippen LogP contribution in [-0.2, 0) is 11.3 Å². The molecule has 6 heteroatoms. The molecule has 1 amide bonds. The second kappa shape index (κ2) is 5.63. The maximum atomic E-state index is 12.3. The number of likely N-dealkylation sites (tertiary alicyclic amines) is 1. The summed E-state index contributed by atoms with van der Waals surface area (Å²) in [5.74, 6) is 1.20. The van der Waals surface area contributed by atoms with Crippen LogP contribution in [-0.4, -0.2) is 43.6 Å². The maximum absolute atomic E-state index is 12.3. The molecule has 3 rings (SSSR count). The summed E-state index contributed by atoms with van der Waals surface area (Å²) in [6.45, 7) is 5.69. The predicted molar refractivity (Wildman–Crippen MR) is 77.7 cm³/mol. The van der Waals surface area contributed by atoms with Crippen LogP contribution in [0.2, 0.25) is 0 Å². The molecule has 0 saturated carbocycles. The van der Waals surface area contributed by atoms with Crippen LogP contribution in [0.3, 0.4) is 0 Å². The number of aryl methyl sites for hydroxylation is 2. The third-order valence-electron chi connectivity index (χ3n) is 3.78. The fraction of sp³-hybridized carbons (Fsp3) is 0.467. The van der Waals surface area contributed by atoms with Gasteiger partial charge in [-0.2, -0.15) is 5.10 Å². The topological polar surface area (TPSA) is 63.9 Å². The van der Waals surface area contributed by atoms with Crippen LogP contribution >= 0.6 is 0 Å². The van der Waals surface area contributed by atoms with E-state index in [1.807, 2.05) is 31.0 Å². The first-order valence-electron chi connectivity index (χ1n) is 7.18. The Morgan fingerprint density at radius 3 is 3.00 bits per heavy atom. The highest BCUT2D eigenvalue weighted by molar-refractivity contribution is 5.76. The van der Waals surface area contributed by atoms with Crippen molar-refractivity contribution in [2.45, 2.75) is 32.7 Å². The minimum atomic E-state index is 0.105. The molecule has 1 aliphatic rings. The molecule has 1 saturated heterocycles. The zero-order valence-corrected chi connectivity index (χ0v) is 12.4. The highest BCUT2D eigenvalue weighted by atomic mass is 16.2. The summed E-state index contributed by atoms with van der Waals surface area (Å²) in [7, 11) is 0. The number of amides is 1. The van der Waals surface area contributed by atoms with Crippen molar-refractivity contribution in [3.63, 3.8) is 0 Å². The smallest absolute Gasteiger partial charge is 0.244 e. The Balaban J connectivity index is 1.62. The van der Waals surface area contributed by atoms with Gasteiger partial charge in [0.15, 0.2) is 0 Å². The van der Waals surface area contributed by atoms with E-state index in [1.165, 1.54) is 0 Å². The first-order valence-corrected chi connectivity index (χ1v) is 7.18. The normalized spacial score (nSPS) is 18.2. The molecule has 21 heavy (non-hydrogen) atoms. The summed E-state index contributed by atoms with van der Waals surface area (Å²) in [5, 5.41) is 4.16. The molecule has 110 valence electrons. The third kappa shape index (κ3) is 3.09. The van der Waals surface area contributed by atoms with Crippen molar-refractivity contribution >= 4 is 5.91 Å². The van der Waals surface area contributed by atoms with Gasteiger partial charge in [-0.3, -0.25) is 9.48 Å². The Bertz CT molecular complexity index is 651. The minimum absolute atomic E-state index is 0.105. The average Bonchev–Trinajstić information content (AvgIpc) is 3.08. The Hall–Kier alpha value is -2.24. The van der Waals surface area contributed by atoms with Crippen LogP contribution in [0.1, 0.15) is 29.4 Å². The second-order valence-corrected chi connectivity index (χ2v) is 5.60. The molecule has 1 atom stereocenters. The molecule has 6 nitrogen and oxygen atoms in total. The van der Waals surface area contributed by atoms with Gasteiger partial charge in [0.1, 0.15) is 12.4 Å². The summed E-state index contributed by atoms with van der Waals surface area (Å²) >= 11 is 0. The first-order chi connectivity index (χ1) is 10.1. The first kappa shape index (κ1) is 13.7. The van der Waals surface area contributed by atoms with Crippen molar-refractivity contribution in [2.24, 2.45) is 0 Å².